The summed E-state index contributed by atoms with van der Waals surface area (Å²) in [5.41, 5.74) is 0.477. The number of carbonyl (C=O) groups is 2. The Bertz CT molecular complexity index is 1830. The van der Waals surface area contributed by atoms with E-state index in [4.69, 9.17) is 0 Å². The summed E-state index contributed by atoms with van der Waals surface area (Å²) in [6, 6.07) is 6.21. The number of likely N-dealkylation sites (tertiary alicyclic amines) is 1. The van der Waals surface area contributed by atoms with Crippen LogP contribution in [-0.4, -0.2) is 95.4 Å². The van der Waals surface area contributed by atoms with Crippen molar-refractivity contribution < 1.29 is 22.8 Å². The molecule has 11 nitrogen and oxygen atoms in total. The van der Waals surface area contributed by atoms with Gasteiger partial charge >= 0.3 is 12.2 Å². The molecule has 2 saturated heterocycles. The highest BCUT2D eigenvalue weighted by atomic mass is 32.1. The zero-order valence-corrected chi connectivity index (χ0v) is 27.7. The molecule has 2 aliphatic heterocycles. The quantitative estimate of drug-likeness (QED) is 0.221. The first-order valence-corrected chi connectivity index (χ1v) is 16.7. The van der Waals surface area contributed by atoms with Gasteiger partial charge in [-0.05, 0) is 44.0 Å². The zero-order chi connectivity index (χ0) is 33.9. The fourth-order valence-electron chi connectivity index (χ4n) is 5.64. The molecule has 16 heteroatoms. The van der Waals surface area contributed by atoms with Crippen molar-refractivity contribution in [3.8, 4) is 21.7 Å². The van der Waals surface area contributed by atoms with Crippen LogP contribution in [0.4, 0.5) is 23.8 Å². The number of urea groups is 1. The number of likely N-dealkylation sites (N-methyl/N-ethyl adjacent to an activating group) is 1. The van der Waals surface area contributed by atoms with Gasteiger partial charge in [-0.25, -0.2) is 14.8 Å². The molecule has 0 unspecified atom stereocenters. The van der Waals surface area contributed by atoms with Gasteiger partial charge < -0.3 is 25.0 Å². The first-order valence-electron chi connectivity index (χ1n) is 14.9. The Labute approximate surface area is 278 Å². The van der Waals surface area contributed by atoms with Crippen LogP contribution in [0.5, 0.6) is 0 Å². The van der Waals surface area contributed by atoms with Crippen LogP contribution in [-0.2, 0) is 6.18 Å². The molecule has 47 heavy (non-hydrogen) atoms. The monoisotopic (exact) mass is 688 g/mol. The van der Waals surface area contributed by atoms with E-state index in [-0.39, 0.29) is 28.3 Å². The lowest BCUT2D eigenvalue weighted by atomic mass is 9.98. The number of nitrogens with one attached hydrogen (secondary N) is 3. The van der Waals surface area contributed by atoms with Crippen molar-refractivity contribution in [2.45, 2.75) is 19.1 Å². The molecular weight excluding hydrogens is 654 g/mol. The molecule has 250 valence electrons. The number of carbonyl (C=O) groups excluding carboxylic acids is 2. The Morgan fingerprint density at radius 1 is 1.13 bits per heavy atom. The molecule has 0 saturated carbocycles. The molecule has 0 radical (unpaired) electrons. The molecule has 0 aliphatic carbocycles. The standard InChI is InChI=1S/C30H31F3N8O3S.CH4S/c1-3-35-29(44)38-25-11-19(27-37-24(16-45-27)30(31,32)33)21(12-36-25)17-4-5-23-20(10-17)26(42)22(15-41(23)18-13-39(2)14-18)28(43)40-8-6-34-7-9-40;1-2/h4-5,10-12,15-16,18,34H,3,6-9,13-14H2,1-2H3,(H2,35,36,38,44);2H,1H3. The van der Waals surface area contributed by atoms with E-state index in [1.54, 1.807) is 42.5 Å². The second-order valence-corrected chi connectivity index (χ2v) is 11.9. The number of rotatable bonds is 6. The molecule has 3 aromatic heterocycles. The van der Waals surface area contributed by atoms with Crippen LogP contribution in [0, 0.1) is 0 Å². The number of benzene rings is 1. The summed E-state index contributed by atoms with van der Waals surface area (Å²) in [4.78, 5) is 51.7. The lowest BCUT2D eigenvalue weighted by Crippen LogP contribution is -2.48. The number of pyridine rings is 2. The normalized spacial score (nSPS) is 15.5. The van der Waals surface area contributed by atoms with Crippen LogP contribution in [0.25, 0.3) is 32.6 Å². The third kappa shape index (κ3) is 7.30. The van der Waals surface area contributed by atoms with E-state index in [9.17, 15) is 27.6 Å². The van der Waals surface area contributed by atoms with Crippen LogP contribution in [0.1, 0.15) is 29.0 Å². The van der Waals surface area contributed by atoms with Crippen molar-refractivity contribution in [1.29, 1.82) is 0 Å². The van der Waals surface area contributed by atoms with Gasteiger partial charge in [0, 0.05) is 80.1 Å². The van der Waals surface area contributed by atoms with Crippen LogP contribution in [0.15, 0.2) is 46.8 Å². The van der Waals surface area contributed by atoms with E-state index < -0.39 is 23.3 Å². The van der Waals surface area contributed by atoms with E-state index >= 15 is 0 Å². The van der Waals surface area contributed by atoms with Gasteiger partial charge in [0.05, 0.1) is 11.6 Å². The highest BCUT2D eigenvalue weighted by Gasteiger charge is 2.34. The van der Waals surface area contributed by atoms with E-state index in [1.165, 1.54) is 12.3 Å². The van der Waals surface area contributed by atoms with Crippen molar-refractivity contribution in [1.82, 2.24) is 35.0 Å². The van der Waals surface area contributed by atoms with Crippen molar-refractivity contribution in [2.24, 2.45) is 0 Å². The molecule has 2 fully saturated rings. The molecule has 0 spiro atoms. The number of nitrogens with zero attached hydrogens (tertiary/aromatic N) is 5. The van der Waals surface area contributed by atoms with Gasteiger partial charge in [0.2, 0.25) is 5.43 Å². The summed E-state index contributed by atoms with van der Waals surface area (Å²) in [5.74, 6) is -0.217. The van der Waals surface area contributed by atoms with Gasteiger partial charge in [-0.15, -0.1) is 11.3 Å². The summed E-state index contributed by atoms with van der Waals surface area (Å²) in [6.45, 7) is 5.86. The lowest BCUT2D eigenvalue weighted by molar-refractivity contribution is -0.140. The lowest BCUT2D eigenvalue weighted by Gasteiger charge is -2.39. The minimum absolute atomic E-state index is 0.0616. The van der Waals surface area contributed by atoms with Gasteiger partial charge in [0.25, 0.3) is 5.91 Å². The number of fused-ring (bicyclic) bond motifs is 1. The Hall–Kier alpha value is -3.99. The van der Waals surface area contributed by atoms with Gasteiger partial charge in [-0.1, -0.05) is 6.07 Å². The van der Waals surface area contributed by atoms with Gasteiger partial charge in [0.15, 0.2) is 5.69 Å². The Balaban J connectivity index is 0.00000213. The summed E-state index contributed by atoms with van der Waals surface area (Å²) in [6.07, 6.45) is 0.151. The molecule has 0 bridgehead atoms. The van der Waals surface area contributed by atoms with Gasteiger partial charge in [0.1, 0.15) is 16.4 Å². The molecule has 1 aromatic carbocycles. The highest BCUT2D eigenvalue weighted by molar-refractivity contribution is 7.79. The average molecular weight is 689 g/mol. The van der Waals surface area contributed by atoms with Gasteiger partial charge in [-0.2, -0.15) is 25.8 Å². The fraction of sp³-hybridized carbons (Fsp3) is 0.387. The minimum Gasteiger partial charge on any atom is -0.341 e. The average Bonchev–Trinajstić information content (AvgIpc) is 3.56. The predicted octanol–water partition coefficient (Wildman–Crippen LogP) is 4.43. The van der Waals surface area contributed by atoms with E-state index in [1.807, 2.05) is 11.6 Å². The highest BCUT2D eigenvalue weighted by Crippen LogP contribution is 2.39. The largest absolute Gasteiger partial charge is 0.434 e. The van der Waals surface area contributed by atoms with Crippen molar-refractivity contribution in [3.63, 3.8) is 0 Å². The van der Waals surface area contributed by atoms with Gasteiger partial charge in [-0.3, -0.25) is 14.9 Å². The molecule has 3 N–H and O–H groups in total. The predicted molar refractivity (Wildman–Crippen MR) is 180 cm³/mol. The zero-order valence-electron chi connectivity index (χ0n) is 26.0. The van der Waals surface area contributed by atoms with E-state index in [2.05, 4.69) is 43.4 Å². The first kappa shape index (κ1) is 34.3. The number of piperazine rings is 1. The summed E-state index contributed by atoms with van der Waals surface area (Å²) < 4.78 is 42.4. The van der Waals surface area contributed by atoms with Crippen molar-refractivity contribution in [2.75, 3.05) is 64.4 Å². The molecule has 4 aromatic rings. The van der Waals surface area contributed by atoms with Crippen LogP contribution in [0.3, 0.4) is 0 Å². The fourth-order valence-corrected chi connectivity index (χ4v) is 6.49. The summed E-state index contributed by atoms with van der Waals surface area (Å²) >= 11 is 4.34. The van der Waals surface area contributed by atoms with Crippen molar-refractivity contribution in [3.05, 3.63) is 63.5 Å². The second kappa shape index (κ2) is 14.4. The number of anilines is 1. The number of alkyl halides is 3. The third-order valence-electron chi connectivity index (χ3n) is 7.92. The number of hydrogen-bond donors (Lipinski definition) is 4. The number of thiazole rings is 1. The van der Waals surface area contributed by atoms with E-state index in [0.29, 0.717) is 60.3 Å². The Kier molecular flexibility index (Phi) is 10.5. The second-order valence-electron chi connectivity index (χ2n) is 11.1. The third-order valence-corrected chi connectivity index (χ3v) is 8.80. The number of amides is 3. The van der Waals surface area contributed by atoms with Crippen LogP contribution in [0.2, 0.25) is 0 Å². The molecule has 3 amide bonds. The number of halogens is 3. The molecular formula is C31H35F3N8O3S2. The maximum atomic E-state index is 14.0. The maximum absolute atomic E-state index is 14.0. The number of hydrogen-bond acceptors (Lipinski definition) is 9. The Morgan fingerprint density at radius 2 is 1.85 bits per heavy atom. The summed E-state index contributed by atoms with van der Waals surface area (Å²) in [5, 5.41) is 9.69. The van der Waals surface area contributed by atoms with Crippen molar-refractivity contribution >= 4 is 52.6 Å². The number of aromatic nitrogens is 3. The SMILES string of the molecule is CCNC(=O)Nc1cc(-c2nc(C(F)(F)F)cs2)c(-c2ccc3c(c2)c(=O)c(C(=O)N2CCNCC2)cn3C2CN(C)C2)cn1.CS. The van der Waals surface area contributed by atoms with E-state index in [0.717, 1.165) is 29.8 Å². The summed E-state index contributed by atoms with van der Waals surface area (Å²) in [7, 11) is 1.99. The number of thiol groups is 1. The maximum Gasteiger partial charge on any atom is 0.434 e. The molecule has 6 rings (SSSR count). The molecule has 5 heterocycles. The molecule has 0 atom stereocenters. The van der Waals surface area contributed by atoms with Crippen LogP contribution < -0.4 is 21.4 Å². The topological polar surface area (TPSA) is 124 Å². The minimum atomic E-state index is -4.64. The van der Waals surface area contributed by atoms with Crippen LogP contribution >= 0.6 is 24.0 Å². The Morgan fingerprint density at radius 3 is 2.49 bits per heavy atom. The molecule has 2 aliphatic rings. The first-order chi connectivity index (χ1) is 22.5. The smallest absolute Gasteiger partial charge is 0.341 e.